The average molecular weight is 354 g/mol. The maximum atomic E-state index is 12.6. The second-order valence-corrected chi connectivity index (χ2v) is 7.58. The maximum absolute atomic E-state index is 12.6. The van der Waals surface area contributed by atoms with E-state index in [1.165, 1.54) is 12.1 Å². The fourth-order valence-corrected chi connectivity index (χ4v) is 3.91. The lowest BCUT2D eigenvalue weighted by atomic mass is 9.93. The van der Waals surface area contributed by atoms with Crippen molar-refractivity contribution in [3.05, 3.63) is 47.0 Å². The molecule has 140 valence electrons. The zero-order valence-electron chi connectivity index (χ0n) is 16.2. The summed E-state index contributed by atoms with van der Waals surface area (Å²) in [6.07, 6.45) is 4.71. The number of pyridine rings is 1. The molecule has 5 heteroatoms. The van der Waals surface area contributed by atoms with Crippen molar-refractivity contribution in [2.24, 2.45) is 5.92 Å². The lowest BCUT2D eigenvalue weighted by molar-refractivity contribution is -0.133. The number of carbonyl (C=O) groups is 1. The molecule has 1 amide bonds. The maximum Gasteiger partial charge on any atom is 0.222 e. The van der Waals surface area contributed by atoms with Crippen LogP contribution in [0.2, 0.25) is 0 Å². The predicted octanol–water partition coefficient (Wildman–Crippen LogP) is 3.46. The SMILES string of the molecule is Cc1cccc(CC2CCCN(C(=O)CCCn3nc(C)cc3C)C2)n1. The Kier molecular flexibility index (Phi) is 6.07. The van der Waals surface area contributed by atoms with Crippen molar-refractivity contribution in [3.8, 4) is 0 Å². The third-order valence-corrected chi connectivity index (χ3v) is 5.18. The molecule has 1 aliphatic heterocycles. The highest BCUT2D eigenvalue weighted by atomic mass is 16.2. The second kappa shape index (κ2) is 8.47. The number of carbonyl (C=O) groups excluding carboxylic acids is 1. The monoisotopic (exact) mass is 354 g/mol. The molecule has 26 heavy (non-hydrogen) atoms. The Morgan fingerprint density at radius 3 is 2.81 bits per heavy atom. The van der Waals surface area contributed by atoms with E-state index < -0.39 is 0 Å². The zero-order chi connectivity index (χ0) is 18.5. The van der Waals surface area contributed by atoms with Crippen molar-refractivity contribution in [1.82, 2.24) is 19.7 Å². The molecule has 1 saturated heterocycles. The van der Waals surface area contributed by atoms with Crippen LogP contribution in [0, 0.1) is 26.7 Å². The predicted molar refractivity (Wildman–Crippen MR) is 103 cm³/mol. The van der Waals surface area contributed by atoms with Gasteiger partial charge in [0.15, 0.2) is 0 Å². The number of aromatic nitrogens is 3. The number of amides is 1. The van der Waals surface area contributed by atoms with E-state index >= 15 is 0 Å². The topological polar surface area (TPSA) is 51.0 Å². The van der Waals surface area contributed by atoms with Crippen LogP contribution in [0.5, 0.6) is 0 Å². The molecule has 2 aromatic rings. The number of hydrogen-bond donors (Lipinski definition) is 0. The Labute approximate surface area is 156 Å². The van der Waals surface area contributed by atoms with Gasteiger partial charge in [-0.05, 0) is 70.6 Å². The largest absolute Gasteiger partial charge is 0.342 e. The van der Waals surface area contributed by atoms with Crippen LogP contribution in [-0.4, -0.2) is 38.7 Å². The van der Waals surface area contributed by atoms with Gasteiger partial charge in [-0.25, -0.2) is 0 Å². The molecule has 0 N–H and O–H groups in total. The summed E-state index contributed by atoms with van der Waals surface area (Å²) < 4.78 is 2.00. The third-order valence-electron chi connectivity index (χ3n) is 5.18. The van der Waals surface area contributed by atoms with Gasteiger partial charge < -0.3 is 4.90 Å². The van der Waals surface area contributed by atoms with Gasteiger partial charge in [-0.1, -0.05) is 6.07 Å². The van der Waals surface area contributed by atoms with E-state index in [2.05, 4.69) is 40.1 Å². The normalized spacial score (nSPS) is 17.5. The minimum atomic E-state index is 0.286. The Hall–Kier alpha value is -2.17. The first-order valence-electron chi connectivity index (χ1n) is 9.72. The summed E-state index contributed by atoms with van der Waals surface area (Å²) in [5.41, 5.74) is 4.42. The van der Waals surface area contributed by atoms with E-state index in [1.54, 1.807) is 0 Å². The summed E-state index contributed by atoms with van der Waals surface area (Å²) in [4.78, 5) is 19.3. The molecule has 3 rings (SSSR count). The Morgan fingerprint density at radius 2 is 2.08 bits per heavy atom. The molecule has 0 spiro atoms. The van der Waals surface area contributed by atoms with Gasteiger partial charge >= 0.3 is 0 Å². The van der Waals surface area contributed by atoms with Crippen LogP contribution < -0.4 is 0 Å². The highest BCUT2D eigenvalue weighted by Gasteiger charge is 2.23. The van der Waals surface area contributed by atoms with Gasteiger partial charge in [0.25, 0.3) is 0 Å². The fourth-order valence-electron chi connectivity index (χ4n) is 3.91. The summed E-state index contributed by atoms with van der Waals surface area (Å²) in [5, 5.41) is 4.47. The number of piperidine rings is 1. The smallest absolute Gasteiger partial charge is 0.222 e. The van der Waals surface area contributed by atoms with Gasteiger partial charge in [0.05, 0.1) is 5.69 Å². The standard InChI is InChI=1S/C21H30N4O/c1-16-7-4-9-20(22-16)14-19-8-5-11-24(15-19)21(26)10-6-12-25-18(3)13-17(2)23-25/h4,7,9,13,19H,5-6,8,10-12,14-15H2,1-3H3. The van der Waals surface area contributed by atoms with Crippen molar-refractivity contribution in [3.63, 3.8) is 0 Å². The van der Waals surface area contributed by atoms with Crippen LogP contribution in [0.15, 0.2) is 24.3 Å². The first kappa shape index (κ1) is 18.6. The van der Waals surface area contributed by atoms with E-state index in [1.807, 2.05) is 24.6 Å². The summed E-state index contributed by atoms with van der Waals surface area (Å²) >= 11 is 0. The second-order valence-electron chi connectivity index (χ2n) is 7.58. The van der Waals surface area contributed by atoms with Crippen LogP contribution in [0.1, 0.15) is 48.5 Å². The molecule has 3 heterocycles. The average Bonchev–Trinajstić information content (AvgIpc) is 2.92. The molecule has 0 saturated carbocycles. The van der Waals surface area contributed by atoms with Crippen molar-refractivity contribution < 1.29 is 4.79 Å². The first-order valence-corrected chi connectivity index (χ1v) is 9.72. The third kappa shape index (κ3) is 4.93. The lowest BCUT2D eigenvalue weighted by Crippen LogP contribution is -2.40. The number of likely N-dealkylation sites (tertiary alicyclic amines) is 1. The molecule has 0 radical (unpaired) electrons. The summed E-state index contributed by atoms with van der Waals surface area (Å²) in [5.74, 6) is 0.812. The van der Waals surface area contributed by atoms with Crippen LogP contribution >= 0.6 is 0 Å². The van der Waals surface area contributed by atoms with Crippen LogP contribution in [-0.2, 0) is 17.8 Å². The molecule has 5 nitrogen and oxygen atoms in total. The van der Waals surface area contributed by atoms with Crippen LogP contribution in [0.3, 0.4) is 0 Å². The van der Waals surface area contributed by atoms with Crippen molar-refractivity contribution in [1.29, 1.82) is 0 Å². The van der Waals surface area contributed by atoms with Gasteiger partial charge in [-0.3, -0.25) is 14.5 Å². The van der Waals surface area contributed by atoms with Crippen molar-refractivity contribution >= 4 is 5.91 Å². The zero-order valence-corrected chi connectivity index (χ0v) is 16.2. The molecule has 0 bridgehead atoms. The van der Waals surface area contributed by atoms with E-state index in [0.29, 0.717) is 12.3 Å². The number of rotatable bonds is 6. The minimum Gasteiger partial charge on any atom is -0.342 e. The molecular weight excluding hydrogens is 324 g/mol. The quantitative estimate of drug-likeness (QED) is 0.798. The molecule has 1 fully saturated rings. The number of hydrogen-bond acceptors (Lipinski definition) is 3. The molecule has 0 aromatic carbocycles. The van der Waals surface area contributed by atoms with E-state index in [4.69, 9.17) is 0 Å². The van der Waals surface area contributed by atoms with E-state index in [9.17, 15) is 4.79 Å². The van der Waals surface area contributed by atoms with Gasteiger partial charge in [-0.15, -0.1) is 0 Å². The number of nitrogens with zero attached hydrogens (tertiary/aromatic N) is 4. The molecule has 1 unspecified atom stereocenters. The molecule has 1 aliphatic rings. The van der Waals surface area contributed by atoms with Gasteiger partial charge in [-0.2, -0.15) is 5.10 Å². The highest BCUT2D eigenvalue weighted by molar-refractivity contribution is 5.76. The highest BCUT2D eigenvalue weighted by Crippen LogP contribution is 2.21. The molecule has 1 atom stereocenters. The van der Waals surface area contributed by atoms with Crippen LogP contribution in [0.25, 0.3) is 0 Å². The fraction of sp³-hybridized carbons (Fsp3) is 0.571. The van der Waals surface area contributed by atoms with Gasteiger partial charge in [0.2, 0.25) is 5.91 Å². The minimum absolute atomic E-state index is 0.286. The molecular formula is C21H30N4O. The van der Waals surface area contributed by atoms with E-state index in [-0.39, 0.29) is 5.91 Å². The van der Waals surface area contributed by atoms with Crippen LogP contribution in [0.4, 0.5) is 0 Å². The first-order chi connectivity index (χ1) is 12.5. The lowest BCUT2D eigenvalue weighted by Gasteiger charge is -2.33. The van der Waals surface area contributed by atoms with Gasteiger partial charge in [0.1, 0.15) is 0 Å². The summed E-state index contributed by atoms with van der Waals surface area (Å²) in [6, 6.07) is 8.28. The van der Waals surface area contributed by atoms with Crippen molar-refractivity contribution in [2.75, 3.05) is 13.1 Å². The molecule has 0 aliphatic carbocycles. The van der Waals surface area contributed by atoms with Gasteiger partial charge in [0, 0.05) is 43.1 Å². The van der Waals surface area contributed by atoms with Crippen molar-refractivity contribution in [2.45, 2.75) is 59.4 Å². The Morgan fingerprint density at radius 1 is 1.23 bits per heavy atom. The summed E-state index contributed by atoms with van der Waals surface area (Å²) in [6.45, 7) is 8.69. The Bertz CT molecular complexity index is 752. The molecule has 2 aromatic heterocycles. The Balaban J connectivity index is 1.47. The summed E-state index contributed by atoms with van der Waals surface area (Å²) in [7, 11) is 0. The number of aryl methyl sites for hydroxylation is 4. The van der Waals surface area contributed by atoms with E-state index in [0.717, 1.165) is 56.0 Å².